The van der Waals surface area contributed by atoms with E-state index in [0.29, 0.717) is 24.0 Å². The molecule has 36 heteroatoms. The van der Waals surface area contributed by atoms with Crippen LogP contribution in [0.3, 0.4) is 0 Å². The fraction of sp³-hybridized carbons (Fsp3) is 0.615. The summed E-state index contributed by atoms with van der Waals surface area (Å²) in [5, 5.41) is 52.1. The van der Waals surface area contributed by atoms with E-state index in [9.17, 15) is 63.0 Å². The maximum Gasteiger partial charge on any atom is 0.331 e. The van der Waals surface area contributed by atoms with E-state index < -0.39 is 228 Å². The molecular formula is C78H116N14O20S2. The Labute approximate surface area is 673 Å². The SMILES string of the molecule is C=C1NC(=O)[C@H]([C@@H](C)CC)NC(=O)[C@]2(C)CSSC[C@H](NC(=O)CCC(=O)O)C(=O)N[C@H](Cc3ccccc3)C(=O)N[C@H](C)C(=O)NC(C[C@@H](C)CC)C(=O)N[C@@H](C(=O)N[C@H](Cc3ccccc3)C(=O)N3CCC[C@H]3C(=O)N2)[C@@H](C)OC(=O)[C@H](CO)NC(=O)[C@H]([C@@H](C)OC)N(C)C(=O)[C@@H](C(C)C)NC(=O)[C@H](C[C@H](C)CC)NC1=O. The molecule has 14 amide bonds. The van der Waals surface area contributed by atoms with Crippen molar-refractivity contribution in [2.45, 2.75) is 244 Å². The number of hydrogen-bond acceptors (Lipinski definition) is 21. The van der Waals surface area contributed by atoms with Gasteiger partial charge in [-0.05, 0) is 88.2 Å². The number of aliphatic carboxylic acids is 1. The van der Waals surface area contributed by atoms with Crippen LogP contribution in [0.25, 0.3) is 0 Å². The standard InChI is InChI=1S/C78H116N14O20S2/c1-16-42(6)34-51-67(100)87-60(41(4)5)75(108)91(14)63(48(12)111-15)73(106)86-55(38-93)76(109)112-47(11)62-72(105)85-54(37-50-28-23-20-24-29-50)74(107)92-33-25-30-57(92)70(103)90-78(13,77(110)89-61(44(8)18-3)71(104)80-46(10)65(98)82-51)40-114-113-39-56(81-58(94)31-32-59(95)96)69(102)84-53(36-49-26-21-19-22-27-49)66(99)79-45(9)64(97)83-52(68(101)88-62)35-43(7)17-2/h19-24,26-29,41-45,47-48,51-57,60-63,93H,10,16-18,25,30-40H2,1-9,11-15H3,(H,79,99)(H,80,104)(H,81,94)(H,82,98)(H,83,97)(H,84,102)(H,85,105)(H,86,106)(H,87,100)(H,88,101)(H,89,110)(H,90,103)(H,95,96)/t42-,43+,44+,45-,47-,48-,51+,52?,53-,54-,55+,56+,57+,60-,61+,62-,63+,78+/m1/s1. The first-order chi connectivity index (χ1) is 53.8. The number of amides is 14. The van der Waals surface area contributed by atoms with Gasteiger partial charge in [-0.15, -0.1) is 0 Å². The third-order valence-corrected chi connectivity index (χ3v) is 23.3. The number of carbonyl (C=O) groups excluding carboxylic acids is 15. The van der Waals surface area contributed by atoms with Crippen LogP contribution in [-0.2, 0) is 99.0 Å². The van der Waals surface area contributed by atoms with Crippen molar-refractivity contribution in [3.05, 3.63) is 84.1 Å². The predicted molar refractivity (Wildman–Crippen MR) is 424 cm³/mol. The number of carbonyl (C=O) groups is 16. The van der Waals surface area contributed by atoms with E-state index in [0.717, 1.165) is 26.5 Å². The van der Waals surface area contributed by atoms with Gasteiger partial charge in [0.25, 0.3) is 5.91 Å². The van der Waals surface area contributed by atoms with E-state index >= 15 is 24.0 Å². The molecule has 0 aliphatic carbocycles. The molecule has 34 nitrogen and oxygen atoms in total. The molecule has 630 valence electrons. The van der Waals surface area contributed by atoms with Crippen molar-refractivity contribution in [2.24, 2.45) is 23.7 Å². The van der Waals surface area contributed by atoms with Crippen LogP contribution in [0, 0.1) is 23.7 Å². The summed E-state index contributed by atoms with van der Waals surface area (Å²) in [6.45, 7) is 21.5. The summed E-state index contributed by atoms with van der Waals surface area (Å²) in [6.07, 6.45) is -3.60. The second-order valence-electron chi connectivity index (χ2n) is 30.1. The lowest BCUT2D eigenvalue weighted by atomic mass is 9.95. The van der Waals surface area contributed by atoms with Gasteiger partial charge < -0.3 is 93.3 Å². The minimum Gasteiger partial charge on any atom is -0.481 e. The van der Waals surface area contributed by atoms with Crippen molar-refractivity contribution in [1.29, 1.82) is 0 Å². The second-order valence-corrected chi connectivity index (χ2v) is 32.6. The van der Waals surface area contributed by atoms with Crippen LogP contribution < -0.4 is 63.8 Å². The minimum atomic E-state index is -2.13. The summed E-state index contributed by atoms with van der Waals surface area (Å²) in [5.41, 5.74) is -1.73. The molecule has 2 aromatic rings. The van der Waals surface area contributed by atoms with E-state index in [1.807, 2.05) is 6.92 Å². The number of likely N-dealkylation sites (N-methyl/N-ethyl adjacent to an activating group) is 1. The molecule has 0 spiro atoms. The van der Waals surface area contributed by atoms with Gasteiger partial charge in [-0.1, -0.05) is 163 Å². The number of cyclic esters (lactones) is 1. The molecule has 0 radical (unpaired) electrons. The molecule has 114 heavy (non-hydrogen) atoms. The van der Waals surface area contributed by atoms with Crippen molar-refractivity contribution in [2.75, 3.05) is 38.8 Å². The molecule has 3 saturated heterocycles. The van der Waals surface area contributed by atoms with Crippen molar-refractivity contribution in [3.63, 3.8) is 0 Å². The summed E-state index contributed by atoms with van der Waals surface area (Å²) in [6, 6.07) is -2.61. The molecule has 18 atom stereocenters. The highest BCUT2D eigenvalue weighted by molar-refractivity contribution is 8.76. The summed E-state index contributed by atoms with van der Waals surface area (Å²) in [5.74, 6) is -19.3. The van der Waals surface area contributed by atoms with Crippen LogP contribution in [0.5, 0.6) is 0 Å². The number of ether oxygens (including phenoxy) is 2. The number of aliphatic hydroxyl groups excluding tert-OH is 1. The highest BCUT2D eigenvalue weighted by Gasteiger charge is 2.47. The molecule has 3 aliphatic heterocycles. The molecular weight excluding hydrogens is 1520 g/mol. The Hall–Kier alpha value is -9.68. The molecule has 1 unspecified atom stereocenters. The Morgan fingerprint density at radius 1 is 0.632 bits per heavy atom. The largest absolute Gasteiger partial charge is 0.481 e. The predicted octanol–water partition coefficient (Wildman–Crippen LogP) is 0.469. The van der Waals surface area contributed by atoms with Gasteiger partial charge in [-0.25, -0.2) is 4.79 Å². The smallest absolute Gasteiger partial charge is 0.331 e. The van der Waals surface area contributed by atoms with Gasteiger partial charge in [0, 0.05) is 51.5 Å². The van der Waals surface area contributed by atoms with Crippen LogP contribution in [0.1, 0.15) is 152 Å². The molecule has 3 aliphatic rings. The van der Waals surface area contributed by atoms with Gasteiger partial charge in [0.05, 0.1) is 24.8 Å². The minimum absolute atomic E-state index is 0.0162. The van der Waals surface area contributed by atoms with E-state index in [2.05, 4.69) is 70.4 Å². The molecule has 3 fully saturated rings. The van der Waals surface area contributed by atoms with Gasteiger partial charge >= 0.3 is 11.9 Å². The van der Waals surface area contributed by atoms with Crippen LogP contribution in [0.2, 0.25) is 0 Å². The van der Waals surface area contributed by atoms with E-state index in [-0.39, 0.29) is 69.1 Å². The lowest BCUT2D eigenvalue weighted by Crippen LogP contribution is -2.65. The molecule has 3 heterocycles. The molecule has 5 rings (SSSR count). The maximum atomic E-state index is 15.6. The molecule has 14 N–H and O–H groups in total. The molecule has 2 bridgehead atoms. The lowest BCUT2D eigenvalue weighted by Gasteiger charge is -2.36. The highest BCUT2D eigenvalue weighted by atomic mass is 33.1. The Bertz CT molecular complexity index is 3750. The second kappa shape index (κ2) is 45.4. The van der Waals surface area contributed by atoms with Crippen molar-refractivity contribution < 1.29 is 96.4 Å². The number of methoxy groups -OCH3 is 1. The fourth-order valence-corrected chi connectivity index (χ4v) is 15.4. The van der Waals surface area contributed by atoms with Gasteiger partial charge in [-0.2, -0.15) is 0 Å². The summed E-state index contributed by atoms with van der Waals surface area (Å²) < 4.78 is 11.5. The van der Waals surface area contributed by atoms with Crippen molar-refractivity contribution in [1.82, 2.24) is 73.6 Å². The first-order valence-electron chi connectivity index (χ1n) is 38.6. The monoisotopic (exact) mass is 1630 g/mol. The first kappa shape index (κ1) is 94.9. The van der Waals surface area contributed by atoms with Gasteiger partial charge in [0.1, 0.15) is 78.1 Å². The number of rotatable bonds is 20. The number of nitrogens with one attached hydrogen (secondary N) is 12. The fourth-order valence-electron chi connectivity index (χ4n) is 12.8. The number of nitrogens with zero attached hydrogens (tertiary/aromatic N) is 2. The normalized spacial score (nSPS) is 27.9. The van der Waals surface area contributed by atoms with E-state index in [4.69, 9.17) is 9.47 Å². The van der Waals surface area contributed by atoms with E-state index in [1.165, 1.54) is 46.8 Å². The quantitative estimate of drug-likeness (QED) is 0.0487. The Morgan fingerprint density at radius 2 is 1.18 bits per heavy atom. The Balaban J connectivity index is 1.82. The maximum absolute atomic E-state index is 15.6. The van der Waals surface area contributed by atoms with Crippen molar-refractivity contribution in [3.8, 4) is 0 Å². The van der Waals surface area contributed by atoms with Crippen LogP contribution in [0.4, 0.5) is 0 Å². The van der Waals surface area contributed by atoms with Gasteiger partial charge in [-0.3, -0.25) is 71.9 Å². The first-order valence-corrected chi connectivity index (χ1v) is 41.1. The Kier molecular flexibility index (Phi) is 37.8. The summed E-state index contributed by atoms with van der Waals surface area (Å²) in [7, 11) is 4.24. The third-order valence-electron chi connectivity index (χ3n) is 20.7. The van der Waals surface area contributed by atoms with E-state index in [1.54, 1.807) is 109 Å². The average molecular weight is 1630 g/mol. The van der Waals surface area contributed by atoms with Crippen LogP contribution in [-0.4, -0.2) is 244 Å². The van der Waals surface area contributed by atoms with Gasteiger partial charge in [0.2, 0.25) is 76.8 Å². The third kappa shape index (κ3) is 27.8. The zero-order valence-corrected chi connectivity index (χ0v) is 69.1. The van der Waals surface area contributed by atoms with Gasteiger partial charge in [0.15, 0.2) is 6.04 Å². The zero-order valence-electron chi connectivity index (χ0n) is 67.4. The zero-order chi connectivity index (χ0) is 85.0. The number of benzene rings is 2. The number of esters is 1. The lowest BCUT2D eigenvalue weighted by molar-refractivity contribution is -0.158. The molecule has 2 aromatic carbocycles. The van der Waals surface area contributed by atoms with Crippen molar-refractivity contribution >= 4 is 116 Å². The highest BCUT2D eigenvalue weighted by Crippen LogP contribution is 2.30. The summed E-state index contributed by atoms with van der Waals surface area (Å²) >= 11 is 0. The number of aliphatic hydroxyl groups is 1. The number of carboxylic acid groups (broad SMARTS) is 1. The molecule has 0 aromatic heterocycles. The molecule has 0 saturated carbocycles. The number of fused-ring (bicyclic) bond motifs is 6. The number of carboxylic acids is 1. The Morgan fingerprint density at radius 3 is 1.75 bits per heavy atom. The summed E-state index contributed by atoms with van der Waals surface area (Å²) in [4.78, 5) is 237. The topological polar surface area (TPSA) is 483 Å². The van der Waals surface area contributed by atoms with Crippen LogP contribution >= 0.6 is 21.6 Å². The van der Waals surface area contributed by atoms with Crippen LogP contribution in [0.15, 0.2) is 72.9 Å². The number of hydrogen-bond donors (Lipinski definition) is 14. The average Bonchev–Trinajstić information content (AvgIpc) is 1.43.